The van der Waals surface area contributed by atoms with E-state index in [1.165, 1.54) is 16.7 Å². The lowest BCUT2D eigenvalue weighted by Crippen LogP contribution is -2.17. The number of rotatable bonds is 7. The maximum absolute atomic E-state index is 5.63. The van der Waals surface area contributed by atoms with Crippen molar-refractivity contribution in [2.45, 2.75) is 33.2 Å². The SMILES string of the molecule is CCCOc1ccc(-c2cccc(C(C)NCC)c2)cc1. The summed E-state index contributed by atoms with van der Waals surface area (Å²) in [6.07, 6.45) is 1.03. The molecule has 2 heteroatoms. The minimum atomic E-state index is 0.377. The maximum Gasteiger partial charge on any atom is 0.119 e. The molecule has 0 heterocycles. The molecule has 2 rings (SSSR count). The monoisotopic (exact) mass is 283 g/mol. The van der Waals surface area contributed by atoms with Crippen molar-refractivity contribution in [2.24, 2.45) is 0 Å². The van der Waals surface area contributed by atoms with Crippen molar-refractivity contribution in [1.29, 1.82) is 0 Å². The number of hydrogen-bond acceptors (Lipinski definition) is 2. The van der Waals surface area contributed by atoms with Gasteiger partial charge in [-0.25, -0.2) is 0 Å². The first-order valence-corrected chi connectivity index (χ1v) is 7.81. The van der Waals surface area contributed by atoms with Crippen LogP contribution in [0.5, 0.6) is 5.75 Å². The van der Waals surface area contributed by atoms with Crippen LogP contribution in [0.2, 0.25) is 0 Å². The number of hydrogen-bond donors (Lipinski definition) is 1. The van der Waals surface area contributed by atoms with Crippen LogP contribution in [-0.4, -0.2) is 13.2 Å². The highest BCUT2D eigenvalue weighted by atomic mass is 16.5. The van der Waals surface area contributed by atoms with Crippen LogP contribution in [0.4, 0.5) is 0 Å². The Labute approximate surface area is 128 Å². The second-order valence-corrected chi connectivity index (χ2v) is 5.28. The van der Waals surface area contributed by atoms with Gasteiger partial charge < -0.3 is 10.1 Å². The zero-order valence-electron chi connectivity index (χ0n) is 13.2. The minimum absolute atomic E-state index is 0.377. The van der Waals surface area contributed by atoms with Gasteiger partial charge in [0.2, 0.25) is 0 Å². The molecule has 0 aliphatic rings. The lowest BCUT2D eigenvalue weighted by Gasteiger charge is -2.14. The lowest BCUT2D eigenvalue weighted by atomic mass is 10.00. The molecule has 2 aromatic rings. The summed E-state index contributed by atoms with van der Waals surface area (Å²) < 4.78 is 5.63. The summed E-state index contributed by atoms with van der Waals surface area (Å²) in [5.41, 5.74) is 3.80. The van der Waals surface area contributed by atoms with Gasteiger partial charge in [0.1, 0.15) is 5.75 Å². The molecule has 112 valence electrons. The van der Waals surface area contributed by atoms with Gasteiger partial charge in [0, 0.05) is 6.04 Å². The molecule has 0 spiro atoms. The van der Waals surface area contributed by atoms with E-state index in [1.54, 1.807) is 0 Å². The Kier molecular flexibility index (Phi) is 5.82. The van der Waals surface area contributed by atoms with Gasteiger partial charge in [-0.05, 0) is 54.8 Å². The summed E-state index contributed by atoms with van der Waals surface area (Å²) in [5, 5.41) is 3.45. The summed E-state index contributed by atoms with van der Waals surface area (Å²) in [7, 11) is 0. The van der Waals surface area contributed by atoms with Crippen molar-refractivity contribution >= 4 is 0 Å². The quantitative estimate of drug-likeness (QED) is 0.787. The normalized spacial score (nSPS) is 12.1. The first-order chi connectivity index (χ1) is 10.2. The highest BCUT2D eigenvalue weighted by Gasteiger charge is 2.05. The fourth-order valence-corrected chi connectivity index (χ4v) is 2.38. The van der Waals surface area contributed by atoms with Crippen molar-refractivity contribution < 1.29 is 4.74 Å². The van der Waals surface area contributed by atoms with Gasteiger partial charge in [0.05, 0.1) is 6.61 Å². The van der Waals surface area contributed by atoms with Gasteiger partial charge in [0.15, 0.2) is 0 Å². The van der Waals surface area contributed by atoms with Crippen molar-refractivity contribution in [1.82, 2.24) is 5.32 Å². The van der Waals surface area contributed by atoms with Crippen LogP contribution in [-0.2, 0) is 0 Å². The zero-order chi connectivity index (χ0) is 15.1. The molecule has 2 aromatic carbocycles. The zero-order valence-corrected chi connectivity index (χ0v) is 13.2. The maximum atomic E-state index is 5.63. The van der Waals surface area contributed by atoms with Crippen LogP contribution >= 0.6 is 0 Å². The molecule has 0 saturated heterocycles. The van der Waals surface area contributed by atoms with E-state index in [4.69, 9.17) is 4.74 Å². The van der Waals surface area contributed by atoms with E-state index in [-0.39, 0.29) is 0 Å². The Morgan fingerprint density at radius 3 is 2.43 bits per heavy atom. The molecular formula is C19H25NO. The van der Waals surface area contributed by atoms with E-state index < -0.39 is 0 Å². The van der Waals surface area contributed by atoms with Crippen molar-refractivity contribution in [3.63, 3.8) is 0 Å². The Morgan fingerprint density at radius 1 is 1.00 bits per heavy atom. The van der Waals surface area contributed by atoms with Crippen LogP contribution < -0.4 is 10.1 Å². The van der Waals surface area contributed by atoms with Crippen molar-refractivity contribution in [3.8, 4) is 16.9 Å². The van der Waals surface area contributed by atoms with Crippen LogP contribution in [0.3, 0.4) is 0 Å². The predicted molar refractivity (Wildman–Crippen MR) is 89.8 cm³/mol. The molecule has 0 aliphatic carbocycles. The lowest BCUT2D eigenvalue weighted by molar-refractivity contribution is 0.317. The molecule has 1 N–H and O–H groups in total. The Morgan fingerprint density at radius 2 is 1.76 bits per heavy atom. The first kappa shape index (κ1) is 15.6. The Balaban J connectivity index is 2.16. The molecule has 21 heavy (non-hydrogen) atoms. The largest absolute Gasteiger partial charge is 0.494 e. The molecule has 0 saturated carbocycles. The van der Waals surface area contributed by atoms with Crippen LogP contribution in [0.25, 0.3) is 11.1 Å². The molecule has 0 radical (unpaired) electrons. The second-order valence-electron chi connectivity index (χ2n) is 5.28. The third kappa shape index (κ3) is 4.33. The summed E-state index contributed by atoms with van der Waals surface area (Å²) >= 11 is 0. The highest BCUT2D eigenvalue weighted by molar-refractivity contribution is 5.65. The number of benzene rings is 2. The second kappa shape index (κ2) is 7.84. The average Bonchev–Trinajstić information content (AvgIpc) is 2.54. The van der Waals surface area contributed by atoms with E-state index in [2.05, 4.69) is 62.5 Å². The predicted octanol–water partition coefficient (Wildman–Crippen LogP) is 4.81. The molecule has 1 unspecified atom stereocenters. The van der Waals surface area contributed by atoms with Crippen molar-refractivity contribution in [2.75, 3.05) is 13.2 Å². The molecule has 2 nitrogen and oxygen atoms in total. The van der Waals surface area contributed by atoms with Gasteiger partial charge >= 0.3 is 0 Å². The molecule has 0 bridgehead atoms. The molecule has 0 amide bonds. The third-order valence-electron chi connectivity index (χ3n) is 3.56. The summed E-state index contributed by atoms with van der Waals surface area (Å²) in [4.78, 5) is 0. The molecule has 1 atom stereocenters. The Bertz CT molecular complexity index is 548. The van der Waals surface area contributed by atoms with Crippen LogP contribution in [0.15, 0.2) is 48.5 Å². The molecule has 0 aliphatic heterocycles. The standard InChI is InChI=1S/C19H25NO/c1-4-13-21-19-11-9-16(10-12-19)18-8-6-7-17(14-18)15(3)20-5-2/h6-12,14-15,20H,4-5,13H2,1-3H3. The smallest absolute Gasteiger partial charge is 0.119 e. The molecule has 0 fully saturated rings. The van der Waals surface area contributed by atoms with Crippen LogP contribution in [0.1, 0.15) is 38.8 Å². The van der Waals surface area contributed by atoms with E-state index in [0.29, 0.717) is 6.04 Å². The Hall–Kier alpha value is -1.80. The van der Waals surface area contributed by atoms with E-state index in [0.717, 1.165) is 25.3 Å². The summed E-state index contributed by atoms with van der Waals surface area (Å²) in [6, 6.07) is 17.4. The average molecular weight is 283 g/mol. The van der Waals surface area contributed by atoms with Gasteiger partial charge in [-0.3, -0.25) is 0 Å². The minimum Gasteiger partial charge on any atom is -0.494 e. The first-order valence-electron chi connectivity index (χ1n) is 7.81. The molecular weight excluding hydrogens is 258 g/mol. The highest BCUT2D eigenvalue weighted by Crippen LogP contribution is 2.25. The van der Waals surface area contributed by atoms with Gasteiger partial charge in [0.25, 0.3) is 0 Å². The number of ether oxygens (including phenoxy) is 1. The third-order valence-corrected chi connectivity index (χ3v) is 3.56. The van der Waals surface area contributed by atoms with Gasteiger partial charge in [-0.15, -0.1) is 0 Å². The summed E-state index contributed by atoms with van der Waals surface area (Å²) in [5.74, 6) is 0.942. The topological polar surface area (TPSA) is 21.3 Å². The van der Waals surface area contributed by atoms with Crippen LogP contribution in [0, 0.1) is 0 Å². The van der Waals surface area contributed by atoms with E-state index >= 15 is 0 Å². The fraction of sp³-hybridized carbons (Fsp3) is 0.368. The van der Waals surface area contributed by atoms with Gasteiger partial charge in [-0.1, -0.05) is 44.2 Å². The number of nitrogens with one attached hydrogen (secondary N) is 1. The molecule has 0 aromatic heterocycles. The van der Waals surface area contributed by atoms with Crippen molar-refractivity contribution in [3.05, 3.63) is 54.1 Å². The van der Waals surface area contributed by atoms with Gasteiger partial charge in [-0.2, -0.15) is 0 Å². The fourth-order valence-electron chi connectivity index (χ4n) is 2.38. The van der Waals surface area contributed by atoms with E-state index in [9.17, 15) is 0 Å². The summed E-state index contributed by atoms with van der Waals surface area (Å²) in [6.45, 7) is 8.20. The van der Waals surface area contributed by atoms with E-state index in [1.807, 2.05) is 12.1 Å².